The SMILES string of the molecule is C[C@@H]1C[C@@H](CC(=O)N(C)C)CC[C@H]1O. The molecule has 0 unspecified atom stereocenters. The van der Waals surface area contributed by atoms with Crippen LogP contribution in [-0.2, 0) is 4.79 Å². The smallest absolute Gasteiger partial charge is 0.222 e. The van der Waals surface area contributed by atoms with E-state index in [9.17, 15) is 9.90 Å². The lowest BCUT2D eigenvalue weighted by Crippen LogP contribution is -2.31. The molecule has 1 fully saturated rings. The Labute approximate surface area is 86.1 Å². The van der Waals surface area contributed by atoms with Crippen LogP contribution in [0.25, 0.3) is 0 Å². The van der Waals surface area contributed by atoms with Gasteiger partial charge in [-0.3, -0.25) is 4.79 Å². The normalized spacial score (nSPS) is 32.7. The van der Waals surface area contributed by atoms with Crippen molar-refractivity contribution in [1.82, 2.24) is 4.90 Å². The average molecular weight is 199 g/mol. The van der Waals surface area contributed by atoms with E-state index >= 15 is 0 Å². The first-order chi connectivity index (χ1) is 6.50. The van der Waals surface area contributed by atoms with Crippen LogP contribution in [0.1, 0.15) is 32.6 Å². The Kier molecular flexibility index (Phi) is 3.93. The van der Waals surface area contributed by atoms with E-state index in [2.05, 4.69) is 6.92 Å². The molecule has 1 N–H and O–H groups in total. The van der Waals surface area contributed by atoms with E-state index < -0.39 is 0 Å². The predicted octanol–water partition coefficient (Wildman–Crippen LogP) is 1.26. The third kappa shape index (κ3) is 2.98. The maximum atomic E-state index is 11.5. The van der Waals surface area contributed by atoms with Crippen molar-refractivity contribution >= 4 is 5.91 Å². The number of rotatable bonds is 2. The Bertz CT molecular complexity index is 203. The lowest BCUT2D eigenvalue weighted by molar-refractivity contribution is -0.130. The van der Waals surface area contributed by atoms with E-state index in [4.69, 9.17) is 0 Å². The molecule has 1 saturated carbocycles. The van der Waals surface area contributed by atoms with Crippen molar-refractivity contribution in [3.8, 4) is 0 Å². The highest BCUT2D eigenvalue weighted by molar-refractivity contribution is 5.75. The van der Waals surface area contributed by atoms with Gasteiger partial charge in [0.15, 0.2) is 0 Å². The molecule has 3 nitrogen and oxygen atoms in total. The molecule has 3 heteroatoms. The van der Waals surface area contributed by atoms with Gasteiger partial charge in [-0.2, -0.15) is 0 Å². The van der Waals surface area contributed by atoms with Gasteiger partial charge in [0.25, 0.3) is 0 Å². The molecular formula is C11H21NO2. The molecule has 3 atom stereocenters. The van der Waals surface area contributed by atoms with Crippen molar-refractivity contribution in [3.63, 3.8) is 0 Å². The van der Waals surface area contributed by atoms with E-state index in [1.165, 1.54) is 0 Å². The second kappa shape index (κ2) is 4.78. The van der Waals surface area contributed by atoms with Gasteiger partial charge in [-0.25, -0.2) is 0 Å². The van der Waals surface area contributed by atoms with Crippen molar-refractivity contribution < 1.29 is 9.90 Å². The number of hydrogen-bond acceptors (Lipinski definition) is 2. The summed E-state index contributed by atoms with van der Waals surface area (Å²) in [6.45, 7) is 2.07. The fourth-order valence-corrected chi connectivity index (χ4v) is 2.11. The zero-order valence-electron chi connectivity index (χ0n) is 9.36. The van der Waals surface area contributed by atoms with E-state index in [-0.39, 0.29) is 12.0 Å². The summed E-state index contributed by atoms with van der Waals surface area (Å²) in [4.78, 5) is 13.1. The van der Waals surface area contributed by atoms with Crippen LogP contribution >= 0.6 is 0 Å². The second-order valence-electron chi connectivity index (χ2n) is 4.72. The Morgan fingerprint density at radius 2 is 2.07 bits per heavy atom. The molecule has 0 aromatic rings. The summed E-state index contributed by atoms with van der Waals surface area (Å²) < 4.78 is 0. The molecule has 0 aromatic carbocycles. The van der Waals surface area contributed by atoms with Crippen LogP contribution in [0.15, 0.2) is 0 Å². The quantitative estimate of drug-likeness (QED) is 0.727. The van der Waals surface area contributed by atoms with Crippen LogP contribution in [0.2, 0.25) is 0 Å². The number of carbonyl (C=O) groups excluding carboxylic acids is 1. The molecule has 0 aromatic heterocycles. The van der Waals surface area contributed by atoms with Crippen molar-refractivity contribution in [2.24, 2.45) is 11.8 Å². The third-order valence-electron chi connectivity index (χ3n) is 3.19. The fourth-order valence-electron chi connectivity index (χ4n) is 2.11. The van der Waals surface area contributed by atoms with E-state index in [1.807, 2.05) is 0 Å². The standard InChI is InChI=1S/C11H21NO2/c1-8-6-9(4-5-10(8)13)7-11(14)12(2)3/h8-10,13H,4-7H2,1-3H3/t8-,9+,10-/m1/s1. The summed E-state index contributed by atoms with van der Waals surface area (Å²) >= 11 is 0. The molecule has 0 bridgehead atoms. The average Bonchev–Trinajstić information content (AvgIpc) is 2.11. The highest BCUT2D eigenvalue weighted by Crippen LogP contribution is 2.31. The Morgan fingerprint density at radius 3 is 2.57 bits per heavy atom. The maximum absolute atomic E-state index is 11.5. The highest BCUT2D eigenvalue weighted by atomic mass is 16.3. The molecule has 0 radical (unpaired) electrons. The molecule has 0 aliphatic heterocycles. The predicted molar refractivity (Wildman–Crippen MR) is 55.8 cm³/mol. The highest BCUT2D eigenvalue weighted by Gasteiger charge is 2.27. The number of aliphatic hydroxyl groups excluding tert-OH is 1. The summed E-state index contributed by atoms with van der Waals surface area (Å²) in [5.41, 5.74) is 0. The minimum absolute atomic E-state index is 0.152. The van der Waals surface area contributed by atoms with Crippen molar-refractivity contribution in [2.45, 2.75) is 38.7 Å². The molecule has 0 saturated heterocycles. The monoisotopic (exact) mass is 199 g/mol. The Morgan fingerprint density at radius 1 is 1.43 bits per heavy atom. The molecule has 0 heterocycles. The van der Waals surface area contributed by atoms with Gasteiger partial charge in [0.1, 0.15) is 0 Å². The van der Waals surface area contributed by atoms with Crippen LogP contribution in [0.3, 0.4) is 0 Å². The first-order valence-electron chi connectivity index (χ1n) is 5.39. The largest absolute Gasteiger partial charge is 0.393 e. The molecule has 1 aliphatic rings. The molecule has 1 amide bonds. The molecular weight excluding hydrogens is 178 g/mol. The molecule has 1 rings (SSSR count). The van der Waals surface area contributed by atoms with Gasteiger partial charge in [-0.15, -0.1) is 0 Å². The Hall–Kier alpha value is -0.570. The molecule has 1 aliphatic carbocycles. The van der Waals surface area contributed by atoms with E-state index in [0.29, 0.717) is 18.3 Å². The van der Waals surface area contributed by atoms with E-state index in [0.717, 1.165) is 19.3 Å². The van der Waals surface area contributed by atoms with Crippen LogP contribution in [-0.4, -0.2) is 36.1 Å². The number of hydrogen-bond donors (Lipinski definition) is 1. The first kappa shape index (κ1) is 11.5. The zero-order chi connectivity index (χ0) is 10.7. The van der Waals surface area contributed by atoms with E-state index in [1.54, 1.807) is 19.0 Å². The van der Waals surface area contributed by atoms with Crippen LogP contribution in [0, 0.1) is 11.8 Å². The minimum Gasteiger partial charge on any atom is -0.393 e. The van der Waals surface area contributed by atoms with Gasteiger partial charge >= 0.3 is 0 Å². The van der Waals surface area contributed by atoms with Gasteiger partial charge < -0.3 is 10.0 Å². The summed E-state index contributed by atoms with van der Waals surface area (Å²) in [7, 11) is 3.59. The summed E-state index contributed by atoms with van der Waals surface area (Å²) in [5, 5.41) is 9.54. The first-order valence-corrected chi connectivity index (χ1v) is 5.39. The van der Waals surface area contributed by atoms with Crippen LogP contribution in [0.5, 0.6) is 0 Å². The van der Waals surface area contributed by atoms with Gasteiger partial charge in [0.05, 0.1) is 6.10 Å². The summed E-state index contributed by atoms with van der Waals surface area (Å²) in [6.07, 6.45) is 3.32. The summed E-state index contributed by atoms with van der Waals surface area (Å²) in [5.74, 6) is 1.03. The Balaban J connectivity index is 2.37. The maximum Gasteiger partial charge on any atom is 0.222 e. The van der Waals surface area contributed by atoms with Crippen LogP contribution < -0.4 is 0 Å². The fraction of sp³-hybridized carbons (Fsp3) is 0.909. The minimum atomic E-state index is -0.152. The number of aliphatic hydroxyl groups is 1. The number of nitrogens with zero attached hydrogens (tertiary/aromatic N) is 1. The van der Waals surface area contributed by atoms with Gasteiger partial charge in [0.2, 0.25) is 5.91 Å². The van der Waals surface area contributed by atoms with Crippen molar-refractivity contribution in [3.05, 3.63) is 0 Å². The molecule has 82 valence electrons. The van der Waals surface area contributed by atoms with Gasteiger partial charge in [-0.05, 0) is 31.1 Å². The van der Waals surface area contributed by atoms with Gasteiger partial charge in [0, 0.05) is 20.5 Å². The molecule has 14 heavy (non-hydrogen) atoms. The molecule has 0 spiro atoms. The topological polar surface area (TPSA) is 40.5 Å². The number of carbonyl (C=O) groups is 1. The lowest BCUT2D eigenvalue weighted by Gasteiger charge is -2.31. The van der Waals surface area contributed by atoms with Crippen LogP contribution in [0.4, 0.5) is 0 Å². The van der Waals surface area contributed by atoms with Crippen molar-refractivity contribution in [2.75, 3.05) is 14.1 Å². The summed E-state index contributed by atoms with van der Waals surface area (Å²) in [6, 6.07) is 0. The third-order valence-corrected chi connectivity index (χ3v) is 3.19. The zero-order valence-corrected chi connectivity index (χ0v) is 9.36. The lowest BCUT2D eigenvalue weighted by atomic mass is 9.79. The van der Waals surface area contributed by atoms with Gasteiger partial charge in [-0.1, -0.05) is 6.92 Å². The van der Waals surface area contributed by atoms with Crippen molar-refractivity contribution in [1.29, 1.82) is 0 Å². The number of amides is 1. The second-order valence-corrected chi connectivity index (χ2v) is 4.72.